The van der Waals surface area contributed by atoms with Crippen LogP contribution in [0.25, 0.3) is 11.3 Å². The highest BCUT2D eigenvalue weighted by molar-refractivity contribution is 5.94. The summed E-state index contributed by atoms with van der Waals surface area (Å²) in [7, 11) is 0. The van der Waals surface area contributed by atoms with E-state index in [0.29, 0.717) is 18.7 Å². The standard InChI is InChI=1S/C25H26N4O2.C2HF3O2/c30-24(19-8-12-26-13-9-19)28-14-10-25(11-15-28)23-22(20-6-1-2-7-21(20)31-25)27-17-29(23)16-18-4-3-5-18;3-2(4,5)1(6)7/h1-2,6-9,12-13,17-18H,3-5,10-11,14-16H2;(H,6,7). The van der Waals surface area contributed by atoms with Crippen LogP contribution in [0.2, 0.25) is 0 Å². The maximum absolute atomic E-state index is 13.0. The van der Waals surface area contributed by atoms with Crippen LogP contribution in [0.5, 0.6) is 5.75 Å². The molecule has 2 aromatic heterocycles. The average molecular weight is 529 g/mol. The zero-order chi connectivity index (χ0) is 26.9. The maximum atomic E-state index is 13.0. The highest BCUT2D eigenvalue weighted by atomic mass is 19.4. The second-order valence-corrected chi connectivity index (χ2v) is 9.81. The van der Waals surface area contributed by atoms with Crippen molar-refractivity contribution >= 4 is 11.9 Å². The van der Waals surface area contributed by atoms with Gasteiger partial charge in [0.1, 0.15) is 5.75 Å². The number of amides is 1. The van der Waals surface area contributed by atoms with Crippen LogP contribution in [-0.2, 0) is 16.9 Å². The van der Waals surface area contributed by atoms with Crippen molar-refractivity contribution in [2.45, 2.75) is 50.4 Å². The molecule has 0 bridgehead atoms. The molecule has 1 spiro atoms. The van der Waals surface area contributed by atoms with Gasteiger partial charge in [-0.1, -0.05) is 18.6 Å². The quantitative estimate of drug-likeness (QED) is 0.519. The summed E-state index contributed by atoms with van der Waals surface area (Å²) in [4.78, 5) is 32.7. The summed E-state index contributed by atoms with van der Waals surface area (Å²) < 4.78 is 40.8. The van der Waals surface area contributed by atoms with E-state index < -0.39 is 17.7 Å². The van der Waals surface area contributed by atoms with Crippen molar-refractivity contribution in [2.24, 2.45) is 5.92 Å². The summed E-state index contributed by atoms with van der Waals surface area (Å²) in [6.45, 7) is 2.34. The van der Waals surface area contributed by atoms with Crippen molar-refractivity contribution in [1.82, 2.24) is 19.4 Å². The number of hydrogen-bond acceptors (Lipinski definition) is 5. The number of benzene rings is 1. The number of piperidine rings is 1. The van der Waals surface area contributed by atoms with Crippen LogP contribution < -0.4 is 4.74 Å². The number of pyridine rings is 1. The minimum atomic E-state index is -5.08. The number of hydrogen-bond donors (Lipinski definition) is 1. The topological polar surface area (TPSA) is 97.5 Å². The van der Waals surface area contributed by atoms with Crippen molar-refractivity contribution in [2.75, 3.05) is 13.1 Å². The van der Waals surface area contributed by atoms with Gasteiger partial charge in [-0.15, -0.1) is 0 Å². The van der Waals surface area contributed by atoms with E-state index in [2.05, 4.69) is 15.6 Å². The number of rotatable bonds is 3. The maximum Gasteiger partial charge on any atom is 0.490 e. The van der Waals surface area contributed by atoms with Gasteiger partial charge in [-0.2, -0.15) is 13.2 Å². The summed E-state index contributed by atoms with van der Waals surface area (Å²) in [5.74, 6) is -1.05. The average Bonchev–Trinajstić information content (AvgIpc) is 3.32. The van der Waals surface area contributed by atoms with E-state index >= 15 is 0 Å². The Bertz CT molecular complexity index is 1310. The van der Waals surface area contributed by atoms with Crippen molar-refractivity contribution in [1.29, 1.82) is 0 Å². The number of fused-ring (bicyclic) bond motifs is 4. The van der Waals surface area contributed by atoms with Gasteiger partial charge in [0, 0.05) is 56.0 Å². The number of aliphatic carboxylic acids is 1. The lowest BCUT2D eigenvalue weighted by molar-refractivity contribution is -0.192. The molecule has 2 fully saturated rings. The van der Waals surface area contributed by atoms with E-state index in [1.807, 2.05) is 29.4 Å². The second-order valence-electron chi connectivity index (χ2n) is 9.81. The van der Waals surface area contributed by atoms with E-state index in [1.165, 1.54) is 25.0 Å². The molecule has 38 heavy (non-hydrogen) atoms. The van der Waals surface area contributed by atoms with Crippen LogP contribution in [0.3, 0.4) is 0 Å². The molecule has 0 unspecified atom stereocenters. The third kappa shape index (κ3) is 4.97. The minimum absolute atomic E-state index is 0.0664. The van der Waals surface area contributed by atoms with E-state index in [9.17, 15) is 18.0 Å². The van der Waals surface area contributed by atoms with Crippen LogP contribution in [-0.4, -0.2) is 55.7 Å². The summed E-state index contributed by atoms with van der Waals surface area (Å²) >= 11 is 0. The zero-order valence-corrected chi connectivity index (χ0v) is 20.5. The molecule has 1 aliphatic carbocycles. The first-order chi connectivity index (χ1) is 18.2. The molecule has 1 saturated carbocycles. The lowest BCUT2D eigenvalue weighted by atomic mass is 9.81. The number of halogens is 3. The molecule has 0 radical (unpaired) electrons. The van der Waals surface area contributed by atoms with Gasteiger partial charge in [-0.3, -0.25) is 9.78 Å². The fourth-order valence-electron chi connectivity index (χ4n) is 5.25. The molecule has 4 heterocycles. The Labute approximate surface area is 217 Å². The lowest BCUT2D eigenvalue weighted by Crippen LogP contribution is -2.50. The van der Waals surface area contributed by atoms with Crippen molar-refractivity contribution in [3.8, 4) is 17.0 Å². The summed E-state index contributed by atoms with van der Waals surface area (Å²) in [6, 6.07) is 11.8. The van der Waals surface area contributed by atoms with E-state index in [0.717, 1.165) is 42.3 Å². The van der Waals surface area contributed by atoms with Gasteiger partial charge in [0.05, 0.1) is 17.7 Å². The summed E-state index contributed by atoms with van der Waals surface area (Å²) in [5.41, 5.74) is 3.59. The molecule has 200 valence electrons. The largest absolute Gasteiger partial charge is 0.490 e. The molecule has 11 heteroatoms. The van der Waals surface area contributed by atoms with Gasteiger partial charge in [-0.25, -0.2) is 9.78 Å². The predicted octanol–water partition coefficient (Wildman–Crippen LogP) is 4.90. The number of carboxylic acids is 1. The van der Waals surface area contributed by atoms with Gasteiger partial charge < -0.3 is 19.3 Å². The van der Waals surface area contributed by atoms with E-state index in [4.69, 9.17) is 19.6 Å². The molecular formula is C27H27F3N4O4. The number of carbonyl (C=O) groups is 2. The first-order valence-corrected chi connectivity index (χ1v) is 12.5. The highest BCUT2D eigenvalue weighted by Gasteiger charge is 2.47. The Morgan fingerprint density at radius 3 is 2.34 bits per heavy atom. The zero-order valence-electron chi connectivity index (χ0n) is 20.5. The first kappa shape index (κ1) is 25.7. The molecule has 1 aromatic carbocycles. The number of carboxylic acid groups (broad SMARTS) is 1. The number of alkyl halides is 3. The smallest absolute Gasteiger partial charge is 0.480 e. The van der Waals surface area contributed by atoms with E-state index in [-0.39, 0.29) is 5.91 Å². The molecule has 3 aliphatic rings. The molecule has 3 aromatic rings. The number of nitrogens with zero attached hydrogens (tertiary/aromatic N) is 4. The van der Waals surface area contributed by atoms with Crippen molar-refractivity contribution in [3.05, 3.63) is 66.4 Å². The summed E-state index contributed by atoms with van der Waals surface area (Å²) in [5, 5.41) is 7.12. The number of ether oxygens (including phenoxy) is 1. The third-order valence-corrected chi connectivity index (χ3v) is 7.42. The number of likely N-dealkylation sites (tertiary alicyclic amines) is 1. The molecule has 1 saturated heterocycles. The Morgan fingerprint density at radius 1 is 1.08 bits per heavy atom. The first-order valence-electron chi connectivity index (χ1n) is 12.5. The minimum Gasteiger partial charge on any atom is -0.480 e. The number of carbonyl (C=O) groups excluding carboxylic acids is 1. The fraction of sp³-hybridized carbons (Fsp3) is 0.407. The molecule has 2 aliphatic heterocycles. The van der Waals surface area contributed by atoms with Crippen LogP contribution in [0.15, 0.2) is 55.1 Å². The molecular weight excluding hydrogens is 501 g/mol. The highest BCUT2D eigenvalue weighted by Crippen LogP contribution is 2.49. The molecule has 6 rings (SSSR count). The molecule has 1 N–H and O–H groups in total. The number of imidazole rings is 1. The van der Waals surface area contributed by atoms with Gasteiger partial charge in [-0.05, 0) is 43.0 Å². The lowest BCUT2D eigenvalue weighted by Gasteiger charge is -2.45. The number of aromatic nitrogens is 3. The molecule has 0 atom stereocenters. The Morgan fingerprint density at radius 2 is 1.74 bits per heavy atom. The number of para-hydroxylation sites is 1. The van der Waals surface area contributed by atoms with Gasteiger partial charge in [0.2, 0.25) is 0 Å². The van der Waals surface area contributed by atoms with Crippen LogP contribution in [0.1, 0.15) is 48.2 Å². The van der Waals surface area contributed by atoms with Crippen LogP contribution in [0.4, 0.5) is 13.2 Å². The van der Waals surface area contributed by atoms with Gasteiger partial charge >= 0.3 is 12.1 Å². The van der Waals surface area contributed by atoms with Crippen molar-refractivity contribution < 1.29 is 32.6 Å². The SMILES string of the molecule is O=C(O)C(F)(F)F.O=C(c1ccncc1)N1CCC2(CC1)Oc1ccccc1-c1ncn(CC3CCC3)c12. The Hall–Kier alpha value is -3.89. The molecule has 1 amide bonds. The normalized spacial score (nSPS) is 17.8. The third-order valence-electron chi connectivity index (χ3n) is 7.42. The van der Waals surface area contributed by atoms with Gasteiger partial charge in [0.15, 0.2) is 5.60 Å². The van der Waals surface area contributed by atoms with Crippen LogP contribution >= 0.6 is 0 Å². The summed E-state index contributed by atoms with van der Waals surface area (Å²) in [6.07, 6.45) is 5.72. The van der Waals surface area contributed by atoms with Gasteiger partial charge in [0.25, 0.3) is 5.91 Å². The van der Waals surface area contributed by atoms with E-state index in [1.54, 1.807) is 24.5 Å². The second kappa shape index (κ2) is 10.1. The Kier molecular flexibility index (Phi) is 6.85. The monoisotopic (exact) mass is 528 g/mol. The van der Waals surface area contributed by atoms with Crippen molar-refractivity contribution in [3.63, 3.8) is 0 Å². The Balaban J connectivity index is 0.000000374. The molecule has 8 nitrogen and oxygen atoms in total. The predicted molar refractivity (Wildman–Crippen MR) is 130 cm³/mol. The van der Waals surface area contributed by atoms with Crippen LogP contribution in [0, 0.1) is 5.92 Å². The fourth-order valence-corrected chi connectivity index (χ4v) is 5.25.